The molecule has 0 aromatic carbocycles. The van der Waals surface area contributed by atoms with E-state index in [1.807, 2.05) is 51.2 Å². The van der Waals surface area contributed by atoms with Crippen LogP contribution in [0.5, 0.6) is 0 Å². The van der Waals surface area contributed by atoms with Crippen molar-refractivity contribution >= 4 is 29.5 Å². The van der Waals surface area contributed by atoms with Crippen molar-refractivity contribution in [1.29, 1.82) is 0 Å². The molecule has 0 spiro atoms. The maximum Gasteiger partial charge on any atom is 0.404 e. The highest BCUT2D eigenvalue weighted by molar-refractivity contribution is 6.39. The van der Waals surface area contributed by atoms with Crippen LogP contribution in [0.25, 0.3) is 0 Å². The van der Waals surface area contributed by atoms with Gasteiger partial charge in [-0.15, -0.1) is 0 Å². The number of ketones is 2. The van der Waals surface area contributed by atoms with Gasteiger partial charge in [-0.05, 0) is 126 Å². The van der Waals surface area contributed by atoms with Crippen molar-refractivity contribution in [3.8, 4) is 0 Å². The summed E-state index contributed by atoms with van der Waals surface area (Å²) in [4.78, 5) is 68.0. The number of aliphatic hydroxyl groups excluding tert-OH is 2. The molecule has 3 aliphatic heterocycles. The van der Waals surface area contributed by atoms with Gasteiger partial charge in [0.05, 0.1) is 12.2 Å². The van der Waals surface area contributed by atoms with Gasteiger partial charge in [0.2, 0.25) is 5.79 Å². The Morgan fingerprint density at radius 2 is 1.60 bits per heavy atom. The third-order valence-electron chi connectivity index (χ3n) is 13.4. The minimum atomic E-state index is -2.37. The fraction of sp³-hybridized carbons (Fsp3) is 0.729. The van der Waals surface area contributed by atoms with Gasteiger partial charge in [0.25, 0.3) is 11.7 Å². The SMILES string of the molecule is CO[C@H]1C[C@@H]2CCC[C@@](O)(O2)C(=O)C(=O)N2CCCC[C@H]2C(=O)O[C@H]([C@H](N)CC2CCC(OC(N)=O)CC2)CC[C@H](C)/C=C(\C)[C@@H](O)[C@@H](O)C(=O)[C@H](C)C[C@H](C)/C=C/C=CC=C1C. The first-order valence-electron chi connectivity index (χ1n) is 23.1. The number of Topliss-reactive ketones (excluding diaryl/α,β-unsaturated/α-hetero) is 2. The number of carbonyl (C=O) groups is 5. The van der Waals surface area contributed by atoms with Crippen LogP contribution in [-0.2, 0) is 38.1 Å². The lowest BCUT2D eigenvalue weighted by molar-refractivity contribution is -0.245. The van der Waals surface area contributed by atoms with Crippen LogP contribution in [0.2, 0.25) is 0 Å². The Hall–Kier alpha value is -3.73. The van der Waals surface area contributed by atoms with E-state index < -0.39 is 83.8 Å². The van der Waals surface area contributed by atoms with Crippen LogP contribution in [0.15, 0.2) is 47.6 Å². The number of ether oxygens (including phenoxy) is 4. The first-order valence-corrected chi connectivity index (χ1v) is 23.1. The smallest absolute Gasteiger partial charge is 0.404 e. The van der Waals surface area contributed by atoms with Gasteiger partial charge in [0.1, 0.15) is 30.5 Å². The summed E-state index contributed by atoms with van der Waals surface area (Å²) in [6.45, 7) is 9.33. The lowest BCUT2D eigenvalue weighted by Gasteiger charge is -2.40. The molecule has 354 valence electrons. The van der Waals surface area contributed by atoms with Crippen LogP contribution in [0.1, 0.15) is 131 Å². The summed E-state index contributed by atoms with van der Waals surface area (Å²) < 4.78 is 23.2. The zero-order valence-electron chi connectivity index (χ0n) is 38.3. The molecule has 3 heterocycles. The summed E-state index contributed by atoms with van der Waals surface area (Å²) in [7, 11) is 1.57. The highest BCUT2D eigenvalue weighted by atomic mass is 16.6. The number of hydrogen-bond acceptors (Lipinski definition) is 13. The molecule has 15 heteroatoms. The molecular formula is C48H75N3O12. The van der Waals surface area contributed by atoms with Crippen LogP contribution < -0.4 is 11.5 Å². The zero-order valence-corrected chi connectivity index (χ0v) is 38.3. The Kier molecular flexibility index (Phi) is 20.2. The molecule has 2 saturated heterocycles. The van der Waals surface area contributed by atoms with Crippen molar-refractivity contribution in [2.75, 3.05) is 13.7 Å². The number of nitrogens with two attached hydrogens (primary N) is 2. The Balaban J connectivity index is 1.62. The normalized spacial score (nSPS) is 37.4. The van der Waals surface area contributed by atoms with Crippen LogP contribution in [-0.4, -0.2) is 118 Å². The number of carbonyl (C=O) groups excluding carboxylic acids is 5. The molecule has 1 saturated carbocycles. The topological polar surface area (TPSA) is 238 Å². The second-order valence-electron chi connectivity index (χ2n) is 18.7. The standard InChI is InChI=1S/C48H75N3O12/c1-29-13-8-7-9-14-31(3)40(60-6)28-36-15-12-23-48(59,63-36)44(55)45(56)51-24-11-10-16-38(51)46(57)62-39(37(49)27-34-18-20-35(21-19-34)61-47(50)58)22-17-30(2)26-33(5)42(53)43(54)41(52)32(4)25-29/h7-9,13-14,26,29-30,32,34-40,42-43,53-54,59H,10-12,15-25,27-28,49H2,1-6H3,(H2,50,58)/b9-7?,13-8+,31-14?,33-26+/t29-,30+,32-,34?,35?,36+,37-,38+,39+,40+,42-,43+,48-/m1/s1. The zero-order chi connectivity index (χ0) is 46.4. The van der Waals surface area contributed by atoms with E-state index in [9.17, 15) is 39.3 Å². The molecule has 2 bridgehead atoms. The predicted molar refractivity (Wildman–Crippen MR) is 236 cm³/mol. The number of esters is 1. The fourth-order valence-electron chi connectivity index (χ4n) is 9.63. The monoisotopic (exact) mass is 886 g/mol. The van der Waals surface area contributed by atoms with E-state index in [2.05, 4.69) is 0 Å². The van der Waals surface area contributed by atoms with Crippen LogP contribution in [0.4, 0.5) is 4.79 Å². The molecule has 0 radical (unpaired) electrons. The van der Waals surface area contributed by atoms with Crippen molar-refractivity contribution in [1.82, 2.24) is 4.90 Å². The van der Waals surface area contributed by atoms with E-state index in [0.29, 0.717) is 76.2 Å². The van der Waals surface area contributed by atoms with Crippen LogP contribution in [0, 0.1) is 23.7 Å². The second kappa shape index (κ2) is 24.5. The van der Waals surface area contributed by atoms with Crippen molar-refractivity contribution in [2.24, 2.45) is 35.1 Å². The number of methoxy groups -OCH3 is 1. The van der Waals surface area contributed by atoms with Crippen molar-refractivity contribution in [2.45, 2.75) is 185 Å². The minimum Gasteiger partial charge on any atom is -0.459 e. The first kappa shape index (κ1) is 51.9. The molecule has 15 nitrogen and oxygen atoms in total. The number of nitrogens with zero attached hydrogens (tertiary/aromatic N) is 1. The fourth-order valence-corrected chi connectivity index (χ4v) is 9.63. The molecule has 0 unspecified atom stereocenters. The molecule has 0 aromatic heterocycles. The number of allylic oxidation sites excluding steroid dienone is 6. The third-order valence-corrected chi connectivity index (χ3v) is 13.4. The van der Waals surface area contributed by atoms with Crippen molar-refractivity contribution in [3.63, 3.8) is 0 Å². The van der Waals surface area contributed by atoms with E-state index in [4.69, 9.17) is 30.4 Å². The maximum absolute atomic E-state index is 14.2. The minimum absolute atomic E-state index is 0.000666. The summed E-state index contributed by atoms with van der Waals surface area (Å²) in [5.74, 6) is -6.18. The number of fused-ring (bicyclic) bond motifs is 3. The van der Waals surface area contributed by atoms with E-state index >= 15 is 0 Å². The Bertz CT molecular complexity index is 1690. The van der Waals surface area contributed by atoms with Gasteiger partial charge in [0, 0.05) is 38.5 Å². The van der Waals surface area contributed by atoms with E-state index in [0.717, 1.165) is 18.4 Å². The van der Waals surface area contributed by atoms with Crippen LogP contribution in [0.3, 0.4) is 0 Å². The summed E-state index contributed by atoms with van der Waals surface area (Å²) in [5.41, 5.74) is 13.4. The molecule has 0 aromatic rings. The number of primary amides is 1. The van der Waals surface area contributed by atoms with E-state index in [1.165, 1.54) is 4.90 Å². The quantitative estimate of drug-likeness (QED) is 0.135. The molecule has 11 atom stereocenters. The van der Waals surface area contributed by atoms with E-state index in [1.54, 1.807) is 27.0 Å². The summed E-state index contributed by atoms with van der Waals surface area (Å²) in [6, 6.07) is -1.69. The Morgan fingerprint density at radius 3 is 2.29 bits per heavy atom. The predicted octanol–water partition coefficient (Wildman–Crippen LogP) is 5.27. The number of rotatable bonds is 5. The lowest BCUT2D eigenvalue weighted by Crippen LogP contribution is -2.58. The van der Waals surface area contributed by atoms with Gasteiger partial charge >= 0.3 is 12.1 Å². The Labute approximate surface area is 373 Å². The van der Waals surface area contributed by atoms with Crippen molar-refractivity contribution in [3.05, 3.63) is 47.6 Å². The lowest BCUT2D eigenvalue weighted by atomic mass is 9.82. The average molecular weight is 886 g/mol. The van der Waals surface area contributed by atoms with E-state index in [-0.39, 0.29) is 43.2 Å². The molecule has 3 fully saturated rings. The number of amides is 2. The molecular weight excluding hydrogens is 811 g/mol. The van der Waals surface area contributed by atoms with Gasteiger partial charge in [-0.3, -0.25) is 14.4 Å². The van der Waals surface area contributed by atoms with Gasteiger partial charge < -0.3 is 50.6 Å². The number of hydrogen-bond donors (Lipinski definition) is 5. The number of aliphatic hydroxyl groups is 3. The largest absolute Gasteiger partial charge is 0.459 e. The maximum atomic E-state index is 14.2. The molecule has 63 heavy (non-hydrogen) atoms. The number of cyclic esters (lactones) is 1. The third kappa shape index (κ3) is 15.2. The highest BCUT2D eigenvalue weighted by Crippen LogP contribution is 2.34. The van der Waals surface area contributed by atoms with Gasteiger partial charge in [-0.2, -0.15) is 0 Å². The summed E-state index contributed by atoms with van der Waals surface area (Å²) in [5, 5.41) is 33.7. The van der Waals surface area contributed by atoms with Crippen LogP contribution >= 0.6 is 0 Å². The molecule has 2 amide bonds. The number of piperidine rings is 1. The molecule has 1 aliphatic carbocycles. The van der Waals surface area contributed by atoms with Crippen molar-refractivity contribution < 1.29 is 58.2 Å². The van der Waals surface area contributed by atoms with Gasteiger partial charge in [-0.25, -0.2) is 9.59 Å². The first-order chi connectivity index (χ1) is 29.8. The second-order valence-corrected chi connectivity index (χ2v) is 18.7. The van der Waals surface area contributed by atoms with Gasteiger partial charge in [0.15, 0.2) is 5.78 Å². The molecule has 4 rings (SSSR count). The molecule has 7 N–H and O–H groups in total. The summed E-state index contributed by atoms with van der Waals surface area (Å²) in [6.07, 6.45) is 12.5. The van der Waals surface area contributed by atoms with Gasteiger partial charge in [-0.1, -0.05) is 57.2 Å². The summed E-state index contributed by atoms with van der Waals surface area (Å²) >= 11 is 0. The highest BCUT2D eigenvalue weighted by Gasteiger charge is 2.49. The Morgan fingerprint density at radius 1 is 0.889 bits per heavy atom. The average Bonchev–Trinajstić information content (AvgIpc) is 3.25. The molecule has 4 aliphatic rings.